The number of nitrogens with one attached hydrogen (secondary N) is 1. The van der Waals surface area contributed by atoms with Gasteiger partial charge in [0.05, 0.1) is 18.1 Å². The fourth-order valence-corrected chi connectivity index (χ4v) is 2.61. The van der Waals surface area contributed by atoms with Gasteiger partial charge in [0.15, 0.2) is 0 Å². The summed E-state index contributed by atoms with van der Waals surface area (Å²) >= 11 is 0. The number of hydrogen-bond donors (Lipinski definition) is 1. The van der Waals surface area contributed by atoms with Gasteiger partial charge in [-0.2, -0.15) is 5.26 Å². The van der Waals surface area contributed by atoms with Gasteiger partial charge in [-0.1, -0.05) is 6.42 Å². The van der Waals surface area contributed by atoms with E-state index < -0.39 is 0 Å². The number of ether oxygens (including phenoxy) is 1. The molecule has 0 spiro atoms. The second kappa shape index (κ2) is 5.48. The summed E-state index contributed by atoms with van der Waals surface area (Å²) in [5.41, 5.74) is 0. The molecule has 1 heterocycles. The molecule has 1 saturated carbocycles. The fraction of sp³-hybridized carbons (Fsp3) is 0.917. The first-order valence-corrected chi connectivity index (χ1v) is 6.15. The highest BCUT2D eigenvalue weighted by Crippen LogP contribution is 2.25. The molecule has 0 aromatic heterocycles. The minimum Gasteiger partial charge on any atom is -0.377 e. The van der Waals surface area contributed by atoms with Crippen LogP contribution in [0.2, 0.25) is 0 Å². The third-order valence-electron chi connectivity index (χ3n) is 3.56. The minimum absolute atomic E-state index is 0.230. The first-order chi connectivity index (χ1) is 7.40. The maximum absolute atomic E-state index is 8.95. The van der Waals surface area contributed by atoms with Crippen LogP contribution in [-0.4, -0.2) is 25.3 Å². The Kier molecular flexibility index (Phi) is 3.99. The summed E-state index contributed by atoms with van der Waals surface area (Å²) in [5.74, 6) is 0.230. The standard InChI is InChI=1S/C12H20N2O/c13-8-10-4-3-6-12(10)14-9-11-5-1-2-7-15-11/h10-12,14H,1-7,9H2. The van der Waals surface area contributed by atoms with Crippen molar-refractivity contribution in [3.8, 4) is 6.07 Å². The highest BCUT2D eigenvalue weighted by Gasteiger charge is 2.27. The van der Waals surface area contributed by atoms with E-state index in [0.717, 1.165) is 26.0 Å². The molecule has 0 aromatic rings. The molecular formula is C12H20N2O. The highest BCUT2D eigenvalue weighted by atomic mass is 16.5. The summed E-state index contributed by atoms with van der Waals surface area (Å²) in [4.78, 5) is 0. The van der Waals surface area contributed by atoms with Crippen LogP contribution in [0.5, 0.6) is 0 Å². The minimum atomic E-state index is 0.230. The molecule has 15 heavy (non-hydrogen) atoms. The van der Waals surface area contributed by atoms with Gasteiger partial charge in [-0.15, -0.1) is 0 Å². The average Bonchev–Trinajstić information content (AvgIpc) is 2.75. The number of nitriles is 1. The molecule has 3 atom stereocenters. The molecule has 0 aromatic carbocycles. The number of nitrogens with zero attached hydrogens (tertiary/aromatic N) is 1. The number of rotatable bonds is 3. The van der Waals surface area contributed by atoms with Gasteiger partial charge in [-0.3, -0.25) is 0 Å². The lowest BCUT2D eigenvalue weighted by molar-refractivity contribution is 0.0150. The zero-order valence-electron chi connectivity index (χ0n) is 9.24. The summed E-state index contributed by atoms with van der Waals surface area (Å²) in [7, 11) is 0. The molecule has 84 valence electrons. The molecule has 1 saturated heterocycles. The van der Waals surface area contributed by atoms with Crippen molar-refractivity contribution >= 4 is 0 Å². The van der Waals surface area contributed by atoms with Crippen molar-refractivity contribution in [2.24, 2.45) is 5.92 Å². The molecule has 2 fully saturated rings. The molecule has 0 radical (unpaired) electrons. The van der Waals surface area contributed by atoms with Crippen molar-refractivity contribution in [2.75, 3.05) is 13.2 Å². The van der Waals surface area contributed by atoms with Crippen LogP contribution in [0.15, 0.2) is 0 Å². The Morgan fingerprint density at radius 1 is 1.20 bits per heavy atom. The Balaban J connectivity index is 1.70. The van der Waals surface area contributed by atoms with Crippen LogP contribution in [-0.2, 0) is 4.74 Å². The van der Waals surface area contributed by atoms with E-state index in [1.54, 1.807) is 0 Å². The molecule has 3 unspecified atom stereocenters. The van der Waals surface area contributed by atoms with E-state index in [-0.39, 0.29) is 5.92 Å². The van der Waals surface area contributed by atoms with E-state index >= 15 is 0 Å². The maximum Gasteiger partial charge on any atom is 0.0699 e. The third kappa shape index (κ3) is 2.93. The van der Waals surface area contributed by atoms with Crippen molar-refractivity contribution in [3.63, 3.8) is 0 Å². The van der Waals surface area contributed by atoms with Crippen molar-refractivity contribution in [2.45, 2.75) is 50.7 Å². The summed E-state index contributed by atoms with van der Waals surface area (Å²) < 4.78 is 5.66. The Hall–Kier alpha value is -0.590. The second-order valence-electron chi connectivity index (χ2n) is 4.67. The van der Waals surface area contributed by atoms with Crippen LogP contribution in [0.3, 0.4) is 0 Å². The quantitative estimate of drug-likeness (QED) is 0.769. The van der Waals surface area contributed by atoms with Crippen molar-refractivity contribution in [1.82, 2.24) is 5.32 Å². The van der Waals surface area contributed by atoms with E-state index in [0.29, 0.717) is 12.1 Å². The van der Waals surface area contributed by atoms with Gasteiger partial charge in [0.2, 0.25) is 0 Å². The molecule has 2 rings (SSSR count). The summed E-state index contributed by atoms with van der Waals surface area (Å²) in [6.45, 7) is 1.85. The predicted octanol–water partition coefficient (Wildman–Crippen LogP) is 1.84. The molecule has 3 nitrogen and oxygen atoms in total. The Bertz CT molecular complexity index is 230. The monoisotopic (exact) mass is 208 g/mol. The van der Waals surface area contributed by atoms with Gasteiger partial charge in [-0.05, 0) is 32.1 Å². The van der Waals surface area contributed by atoms with Crippen LogP contribution in [0.1, 0.15) is 38.5 Å². The van der Waals surface area contributed by atoms with E-state index in [1.165, 1.54) is 25.7 Å². The average molecular weight is 208 g/mol. The maximum atomic E-state index is 8.95. The summed E-state index contributed by atoms with van der Waals surface area (Å²) in [6, 6.07) is 2.82. The van der Waals surface area contributed by atoms with Crippen LogP contribution in [0.25, 0.3) is 0 Å². The molecule has 3 heteroatoms. The van der Waals surface area contributed by atoms with Crippen molar-refractivity contribution < 1.29 is 4.74 Å². The lowest BCUT2D eigenvalue weighted by atomic mass is 10.0. The lowest BCUT2D eigenvalue weighted by Crippen LogP contribution is -2.39. The van der Waals surface area contributed by atoms with E-state index in [1.807, 2.05) is 0 Å². The largest absolute Gasteiger partial charge is 0.377 e. The van der Waals surface area contributed by atoms with E-state index in [9.17, 15) is 0 Å². The molecule has 1 aliphatic heterocycles. The van der Waals surface area contributed by atoms with Crippen LogP contribution in [0, 0.1) is 17.2 Å². The zero-order valence-corrected chi connectivity index (χ0v) is 9.24. The van der Waals surface area contributed by atoms with Gasteiger partial charge < -0.3 is 10.1 Å². The van der Waals surface area contributed by atoms with Crippen LogP contribution in [0.4, 0.5) is 0 Å². The molecule has 0 bridgehead atoms. The molecule has 1 aliphatic carbocycles. The van der Waals surface area contributed by atoms with Gasteiger partial charge >= 0.3 is 0 Å². The topological polar surface area (TPSA) is 45.0 Å². The fourth-order valence-electron chi connectivity index (χ4n) is 2.61. The van der Waals surface area contributed by atoms with E-state index in [2.05, 4.69) is 11.4 Å². The zero-order chi connectivity index (χ0) is 10.5. The molecular weight excluding hydrogens is 188 g/mol. The summed E-state index contributed by atoms with van der Waals surface area (Å²) in [6.07, 6.45) is 7.49. The van der Waals surface area contributed by atoms with Gasteiger partial charge in [0.25, 0.3) is 0 Å². The van der Waals surface area contributed by atoms with Crippen molar-refractivity contribution in [1.29, 1.82) is 5.26 Å². The SMILES string of the molecule is N#CC1CCCC1NCC1CCCCO1. The smallest absolute Gasteiger partial charge is 0.0699 e. The lowest BCUT2D eigenvalue weighted by Gasteiger charge is -2.25. The first-order valence-electron chi connectivity index (χ1n) is 6.15. The normalized spacial score (nSPS) is 36.3. The highest BCUT2D eigenvalue weighted by molar-refractivity contribution is 4.96. The van der Waals surface area contributed by atoms with Gasteiger partial charge in [-0.25, -0.2) is 0 Å². The predicted molar refractivity (Wildman–Crippen MR) is 58.3 cm³/mol. The van der Waals surface area contributed by atoms with Gasteiger partial charge in [0.1, 0.15) is 0 Å². The Morgan fingerprint density at radius 2 is 2.13 bits per heavy atom. The molecule has 0 amide bonds. The summed E-state index contributed by atoms with van der Waals surface area (Å²) in [5, 5.41) is 12.5. The van der Waals surface area contributed by atoms with E-state index in [4.69, 9.17) is 10.00 Å². The van der Waals surface area contributed by atoms with Crippen LogP contribution < -0.4 is 5.32 Å². The molecule has 1 N–H and O–H groups in total. The number of hydrogen-bond acceptors (Lipinski definition) is 3. The Morgan fingerprint density at radius 3 is 2.87 bits per heavy atom. The van der Waals surface area contributed by atoms with Crippen molar-refractivity contribution in [3.05, 3.63) is 0 Å². The van der Waals surface area contributed by atoms with Gasteiger partial charge in [0, 0.05) is 19.2 Å². The Labute approximate surface area is 91.8 Å². The first kappa shape index (κ1) is 10.9. The third-order valence-corrected chi connectivity index (χ3v) is 3.56. The molecule has 2 aliphatic rings. The van der Waals surface area contributed by atoms with Crippen LogP contribution >= 0.6 is 0 Å². The second-order valence-corrected chi connectivity index (χ2v) is 4.67.